The summed E-state index contributed by atoms with van der Waals surface area (Å²) in [6.45, 7) is 3.38. The van der Waals surface area contributed by atoms with Gasteiger partial charge in [-0.25, -0.2) is 0 Å². The minimum absolute atomic E-state index is 0.0690. The molecule has 0 radical (unpaired) electrons. The first-order valence-corrected chi connectivity index (χ1v) is 7.66. The zero-order valence-electron chi connectivity index (χ0n) is 12.4. The van der Waals surface area contributed by atoms with Crippen LogP contribution in [0.5, 0.6) is 0 Å². The summed E-state index contributed by atoms with van der Waals surface area (Å²) in [6.07, 6.45) is 2.65. The third-order valence-corrected chi connectivity index (χ3v) is 4.31. The van der Waals surface area contributed by atoms with Crippen LogP contribution in [0.15, 0.2) is 24.3 Å². The van der Waals surface area contributed by atoms with Gasteiger partial charge >= 0.3 is 0 Å². The SMILES string of the molecule is CCn1nc(CNC(=O)[C@@H]2CC[C@H](N)C2)c2ccccc21. The van der Waals surface area contributed by atoms with Gasteiger partial charge in [-0.3, -0.25) is 9.48 Å². The second-order valence-corrected chi connectivity index (χ2v) is 5.77. The van der Waals surface area contributed by atoms with E-state index in [4.69, 9.17) is 5.73 Å². The molecule has 0 aliphatic heterocycles. The Morgan fingerprint density at radius 1 is 1.43 bits per heavy atom. The summed E-state index contributed by atoms with van der Waals surface area (Å²) < 4.78 is 1.97. The Labute approximate surface area is 124 Å². The number of aryl methyl sites for hydroxylation is 1. The van der Waals surface area contributed by atoms with Crippen LogP contribution >= 0.6 is 0 Å². The number of nitrogens with two attached hydrogens (primary N) is 1. The van der Waals surface area contributed by atoms with Crippen LogP contribution < -0.4 is 11.1 Å². The quantitative estimate of drug-likeness (QED) is 0.900. The van der Waals surface area contributed by atoms with Crippen molar-refractivity contribution in [2.45, 2.75) is 45.3 Å². The first kappa shape index (κ1) is 14.1. The molecule has 1 aliphatic carbocycles. The topological polar surface area (TPSA) is 72.9 Å². The number of para-hydroxylation sites is 1. The fourth-order valence-corrected chi connectivity index (χ4v) is 3.14. The van der Waals surface area contributed by atoms with Gasteiger partial charge in [0, 0.05) is 23.9 Å². The molecule has 1 aromatic carbocycles. The highest BCUT2D eigenvalue weighted by molar-refractivity contribution is 5.83. The Morgan fingerprint density at radius 2 is 2.24 bits per heavy atom. The van der Waals surface area contributed by atoms with E-state index in [1.807, 2.05) is 16.8 Å². The van der Waals surface area contributed by atoms with E-state index in [-0.39, 0.29) is 17.9 Å². The molecule has 3 N–H and O–H groups in total. The van der Waals surface area contributed by atoms with Gasteiger partial charge in [0.2, 0.25) is 5.91 Å². The molecule has 0 unspecified atom stereocenters. The molecule has 0 bridgehead atoms. The molecule has 1 amide bonds. The van der Waals surface area contributed by atoms with E-state index in [9.17, 15) is 4.79 Å². The molecule has 1 aliphatic rings. The molecule has 2 atom stereocenters. The molecule has 3 rings (SSSR count). The Morgan fingerprint density at radius 3 is 2.95 bits per heavy atom. The average Bonchev–Trinajstić information content (AvgIpc) is 3.09. The predicted molar refractivity (Wildman–Crippen MR) is 82.6 cm³/mol. The van der Waals surface area contributed by atoms with Crippen LogP contribution in [0, 0.1) is 5.92 Å². The van der Waals surface area contributed by atoms with E-state index in [2.05, 4.69) is 29.5 Å². The lowest BCUT2D eigenvalue weighted by atomic mass is 10.1. The van der Waals surface area contributed by atoms with Gasteiger partial charge in [0.15, 0.2) is 0 Å². The molecule has 1 aromatic heterocycles. The lowest BCUT2D eigenvalue weighted by Gasteiger charge is -2.09. The van der Waals surface area contributed by atoms with Crippen LogP contribution in [-0.2, 0) is 17.9 Å². The summed E-state index contributed by atoms with van der Waals surface area (Å²) in [7, 11) is 0. The van der Waals surface area contributed by atoms with Crippen molar-refractivity contribution in [3.8, 4) is 0 Å². The number of hydrogen-bond donors (Lipinski definition) is 2. The van der Waals surface area contributed by atoms with Crippen molar-refractivity contribution in [1.29, 1.82) is 0 Å². The zero-order valence-corrected chi connectivity index (χ0v) is 12.4. The second-order valence-electron chi connectivity index (χ2n) is 5.77. The minimum Gasteiger partial charge on any atom is -0.350 e. The number of aromatic nitrogens is 2. The number of carbonyl (C=O) groups is 1. The van der Waals surface area contributed by atoms with Gasteiger partial charge in [-0.1, -0.05) is 18.2 Å². The standard InChI is InChI=1S/C16H22N4O/c1-2-20-15-6-4-3-5-13(15)14(19-20)10-18-16(21)11-7-8-12(17)9-11/h3-6,11-12H,2,7-10,17H2,1H3,(H,18,21)/t11-,12+/m1/s1. The summed E-state index contributed by atoms with van der Waals surface area (Å²) in [5.74, 6) is 0.178. The average molecular weight is 286 g/mol. The van der Waals surface area contributed by atoms with Crippen LogP contribution in [0.4, 0.5) is 0 Å². The van der Waals surface area contributed by atoms with Crippen LogP contribution in [-0.4, -0.2) is 21.7 Å². The van der Waals surface area contributed by atoms with Gasteiger partial charge in [-0.05, 0) is 32.3 Å². The van der Waals surface area contributed by atoms with Crippen molar-refractivity contribution in [1.82, 2.24) is 15.1 Å². The van der Waals surface area contributed by atoms with E-state index < -0.39 is 0 Å². The number of fused-ring (bicyclic) bond motifs is 1. The molecule has 0 spiro atoms. The lowest BCUT2D eigenvalue weighted by Crippen LogP contribution is -2.30. The summed E-state index contributed by atoms with van der Waals surface area (Å²) in [5, 5.41) is 8.73. The summed E-state index contributed by atoms with van der Waals surface area (Å²) in [4.78, 5) is 12.2. The van der Waals surface area contributed by atoms with E-state index in [0.29, 0.717) is 6.54 Å². The molecule has 21 heavy (non-hydrogen) atoms. The molecular weight excluding hydrogens is 264 g/mol. The number of carbonyl (C=O) groups excluding carboxylic acids is 1. The van der Waals surface area contributed by atoms with Crippen molar-refractivity contribution in [3.05, 3.63) is 30.0 Å². The van der Waals surface area contributed by atoms with Crippen molar-refractivity contribution >= 4 is 16.8 Å². The number of rotatable bonds is 4. The zero-order chi connectivity index (χ0) is 14.8. The Bertz CT molecular complexity index is 649. The predicted octanol–water partition coefficient (Wildman–Crippen LogP) is 1.80. The molecule has 2 aromatic rings. The number of nitrogens with one attached hydrogen (secondary N) is 1. The molecule has 0 saturated heterocycles. The highest BCUT2D eigenvalue weighted by atomic mass is 16.1. The minimum atomic E-state index is 0.0690. The van der Waals surface area contributed by atoms with E-state index >= 15 is 0 Å². The molecular formula is C16H22N4O. The Hall–Kier alpha value is -1.88. The van der Waals surface area contributed by atoms with Crippen LogP contribution in [0.25, 0.3) is 10.9 Å². The maximum atomic E-state index is 12.2. The first-order valence-electron chi connectivity index (χ1n) is 7.66. The smallest absolute Gasteiger partial charge is 0.223 e. The number of nitrogens with zero attached hydrogens (tertiary/aromatic N) is 2. The van der Waals surface area contributed by atoms with E-state index in [1.54, 1.807) is 0 Å². The van der Waals surface area contributed by atoms with Gasteiger partial charge in [0.05, 0.1) is 17.8 Å². The van der Waals surface area contributed by atoms with Crippen molar-refractivity contribution in [2.24, 2.45) is 11.7 Å². The second kappa shape index (κ2) is 5.85. The maximum absolute atomic E-state index is 12.2. The molecule has 5 heteroatoms. The lowest BCUT2D eigenvalue weighted by molar-refractivity contribution is -0.125. The third kappa shape index (κ3) is 2.78. The number of benzene rings is 1. The molecule has 1 saturated carbocycles. The van der Waals surface area contributed by atoms with Gasteiger partial charge < -0.3 is 11.1 Å². The molecule has 112 valence electrons. The van der Waals surface area contributed by atoms with Crippen LogP contribution in [0.3, 0.4) is 0 Å². The van der Waals surface area contributed by atoms with Gasteiger partial charge in [0.1, 0.15) is 0 Å². The number of amides is 1. The Balaban J connectivity index is 1.72. The maximum Gasteiger partial charge on any atom is 0.223 e. The van der Waals surface area contributed by atoms with Crippen LogP contribution in [0.2, 0.25) is 0 Å². The number of hydrogen-bond acceptors (Lipinski definition) is 3. The monoisotopic (exact) mass is 286 g/mol. The van der Waals surface area contributed by atoms with E-state index in [0.717, 1.165) is 42.4 Å². The highest BCUT2D eigenvalue weighted by Crippen LogP contribution is 2.24. The molecule has 1 heterocycles. The van der Waals surface area contributed by atoms with Crippen molar-refractivity contribution < 1.29 is 4.79 Å². The fourth-order valence-electron chi connectivity index (χ4n) is 3.14. The van der Waals surface area contributed by atoms with Crippen molar-refractivity contribution in [3.63, 3.8) is 0 Å². The van der Waals surface area contributed by atoms with E-state index in [1.165, 1.54) is 0 Å². The Kier molecular flexibility index (Phi) is 3.92. The third-order valence-electron chi connectivity index (χ3n) is 4.31. The largest absolute Gasteiger partial charge is 0.350 e. The van der Waals surface area contributed by atoms with Gasteiger partial charge in [-0.2, -0.15) is 5.10 Å². The normalized spacial score (nSPS) is 21.8. The first-order chi connectivity index (χ1) is 10.2. The fraction of sp³-hybridized carbons (Fsp3) is 0.500. The van der Waals surface area contributed by atoms with Gasteiger partial charge in [0.25, 0.3) is 0 Å². The summed E-state index contributed by atoms with van der Waals surface area (Å²) in [6, 6.07) is 8.32. The highest BCUT2D eigenvalue weighted by Gasteiger charge is 2.27. The van der Waals surface area contributed by atoms with Crippen LogP contribution in [0.1, 0.15) is 31.9 Å². The van der Waals surface area contributed by atoms with Crippen molar-refractivity contribution in [2.75, 3.05) is 0 Å². The van der Waals surface area contributed by atoms with Gasteiger partial charge in [-0.15, -0.1) is 0 Å². The molecule has 1 fully saturated rings. The summed E-state index contributed by atoms with van der Waals surface area (Å²) >= 11 is 0. The molecule has 5 nitrogen and oxygen atoms in total. The summed E-state index contributed by atoms with van der Waals surface area (Å²) in [5.41, 5.74) is 7.92.